The smallest absolute Gasteiger partial charge is 0.252 e. The third kappa shape index (κ3) is 3.50. The van der Waals surface area contributed by atoms with Crippen LogP contribution in [0.2, 0.25) is 0 Å². The lowest BCUT2D eigenvalue weighted by molar-refractivity contribution is 0.0848. The molecule has 0 aromatic heterocycles. The third-order valence-corrected chi connectivity index (χ3v) is 4.00. The van der Waals surface area contributed by atoms with E-state index in [0.717, 1.165) is 12.8 Å². The molecule has 0 heterocycles. The summed E-state index contributed by atoms with van der Waals surface area (Å²) in [4.78, 5) is 12.7. The van der Waals surface area contributed by atoms with Gasteiger partial charge < -0.3 is 10.4 Å². The van der Waals surface area contributed by atoms with Gasteiger partial charge in [-0.2, -0.15) is 0 Å². The monoisotopic (exact) mass is 267 g/mol. The first-order chi connectivity index (χ1) is 8.58. The Bertz CT molecular complexity index is 394. The molecule has 1 aromatic carbocycles. The van der Waals surface area contributed by atoms with Crippen molar-refractivity contribution in [3.05, 3.63) is 29.8 Å². The zero-order chi connectivity index (χ0) is 13.6. The summed E-state index contributed by atoms with van der Waals surface area (Å²) >= 11 is 4.26. The van der Waals surface area contributed by atoms with Gasteiger partial charge in [-0.05, 0) is 25.0 Å². The predicted molar refractivity (Wildman–Crippen MR) is 76.1 cm³/mol. The van der Waals surface area contributed by atoms with Crippen LogP contribution in [-0.4, -0.2) is 24.2 Å². The third-order valence-electron chi connectivity index (χ3n) is 3.61. The highest BCUT2D eigenvalue weighted by Gasteiger charge is 2.26. The van der Waals surface area contributed by atoms with Gasteiger partial charge in [-0.3, -0.25) is 4.79 Å². The van der Waals surface area contributed by atoms with Crippen LogP contribution in [0.25, 0.3) is 0 Å². The lowest BCUT2D eigenvalue weighted by Gasteiger charge is -2.29. The van der Waals surface area contributed by atoms with Crippen LogP contribution in [0, 0.1) is 5.41 Å². The number of hydrogen-bond acceptors (Lipinski definition) is 3. The Kier molecular flexibility index (Phi) is 5.69. The summed E-state index contributed by atoms with van der Waals surface area (Å²) in [5, 5.41) is 12.3. The predicted octanol–water partition coefficient (Wildman–Crippen LogP) is 2.50. The van der Waals surface area contributed by atoms with Crippen molar-refractivity contribution in [2.75, 3.05) is 13.2 Å². The van der Waals surface area contributed by atoms with E-state index in [1.54, 1.807) is 12.1 Å². The molecule has 3 nitrogen and oxygen atoms in total. The minimum atomic E-state index is -0.221. The molecule has 1 rings (SSSR count). The molecule has 0 aliphatic rings. The summed E-state index contributed by atoms with van der Waals surface area (Å²) in [6.45, 7) is 4.62. The number of carbonyl (C=O) groups is 1. The molecule has 2 N–H and O–H groups in total. The normalized spacial score (nSPS) is 11.3. The molecule has 1 aromatic rings. The zero-order valence-electron chi connectivity index (χ0n) is 10.9. The summed E-state index contributed by atoms with van der Waals surface area (Å²) in [6, 6.07) is 7.19. The first-order valence-corrected chi connectivity index (χ1v) is 6.70. The van der Waals surface area contributed by atoms with Crippen molar-refractivity contribution in [2.24, 2.45) is 5.41 Å². The summed E-state index contributed by atoms with van der Waals surface area (Å²) in [7, 11) is 0. The highest BCUT2D eigenvalue weighted by Crippen LogP contribution is 2.24. The lowest BCUT2D eigenvalue weighted by Crippen LogP contribution is -2.39. The Morgan fingerprint density at radius 2 is 1.94 bits per heavy atom. The van der Waals surface area contributed by atoms with Crippen molar-refractivity contribution in [1.82, 2.24) is 5.32 Å². The van der Waals surface area contributed by atoms with Crippen molar-refractivity contribution in [2.45, 2.75) is 31.6 Å². The quantitative estimate of drug-likeness (QED) is 0.694. The Hall–Kier alpha value is -1.00. The molecular weight excluding hydrogens is 246 g/mol. The van der Waals surface area contributed by atoms with Crippen LogP contribution in [0.15, 0.2) is 29.2 Å². The van der Waals surface area contributed by atoms with Gasteiger partial charge in [0.1, 0.15) is 0 Å². The maximum absolute atomic E-state index is 12.0. The number of hydrogen-bond donors (Lipinski definition) is 3. The number of amides is 1. The van der Waals surface area contributed by atoms with Crippen LogP contribution in [0.4, 0.5) is 0 Å². The summed E-state index contributed by atoms with van der Waals surface area (Å²) in [5.74, 6) is -0.139. The number of thiol groups is 1. The Morgan fingerprint density at radius 3 is 2.44 bits per heavy atom. The molecule has 0 atom stereocenters. The van der Waals surface area contributed by atoms with E-state index in [-0.39, 0.29) is 17.9 Å². The van der Waals surface area contributed by atoms with Crippen molar-refractivity contribution < 1.29 is 9.90 Å². The van der Waals surface area contributed by atoms with Crippen molar-refractivity contribution >= 4 is 18.5 Å². The Balaban J connectivity index is 2.69. The fraction of sp³-hybridized carbons (Fsp3) is 0.500. The van der Waals surface area contributed by atoms with E-state index in [0.29, 0.717) is 17.0 Å². The Labute approximate surface area is 114 Å². The molecule has 100 valence electrons. The second-order valence-corrected chi connectivity index (χ2v) is 5.05. The molecule has 0 fully saturated rings. The minimum Gasteiger partial charge on any atom is -0.396 e. The number of aliphatic hydroxyl groups excluding tert-OH is 1. The van der Waals surface area contributed by atoms with Gasteiger partial charge in [-0.15, -0.1) is 12.6 Å². The molecule has 0 aliphatic heterocycles. The van der Waals surface area contributed by atoms with Crippen molar-refractivity contribution in [1.29, 1.82) is 0 Å². The fourth-order valence-electron chi connectivity index (χ4n) is 1.81. The van der Waals surface area contributed by atoms with E-state index >= 15 is 0 Å². The number of benzene rings is 1. The highest BCUT2D eigenvalue weighted by atomic mass is 32.1. The fourth-order valence-corrected chi connectivity index (χ4v) is 2.07. The van der Waals surface area contributed by atoms with E-state index in [1.165, 1.54) is 0 Å². The van der Waals surface area contributed by atoms with Crippen LogP contribution in [0.1, 0.15) is 37.0 Å². The van der Waals surface area contributed by atoms with Gasteiger partial charge in [-0.25, -0.2) is 0 Å². The van der Waals surface area contributed by atoms with Gasteiger partial charge in [0.15, 0.2) is 0 Å². The second-order valence-electron chi connectivity index (χ2n) is 4.57. The van der Waals surface area contributed by atoms with Gasteiger partial charge >= 0.3 is 0 Å². The van der Waals surface area contributed by atoms with Crippen LogP contribution in [0.3, 0.4) is 0 Å². The van der Waals surface area contributed by atoms with E-state index in [1.807, 2.05) is 26.0 Å². The molecule has 0 aliphatic carbocycles. The zero-order valence-corrected chi connectivity index (χ0v) is 11.8. The summed E-state index contributed by atoms with van der Waals surface area (Å²) in [6.07, 6.45) is 1.67. The maximum Gasteiger partial charge on any atom is 0.252 e. The van der Waals surface area contributed by atoms with Crippen LogP contribution in [0.5, 0.6) is 0 Å². The van der Waals surface area contributed by atoms with Crippen molar-refractivity contribution in [3.8, 4) is 0 Å². The van der Waals surface area contributed by atoms with Crippen molar-refractivity contribution in [3.63, 3.8) is 0 Å². The first-order valence-electron chi connectivity index (χ1n) is 6.25. The maximum atomic E-state index is 12.0. The van der Waals surface area contributed by atoms with Crippen LogP contribution < -0.4 is 5.32 Å². The second kappa shape index (κ2) is 6.81. The molecule has 0 unspecified atom stereocenters. The molecule has 0 spiro atoms. The van der Waals surface area contributed by atoms with Crippen LogP contribution >= 0.6 is 12.6 Å². The van der Waals surface area contributed by atoms with E-state index < -0.39 is 0 Å². The standard InChI is InChI=1S/C14H21NO2S/c1-3-14(4-2,10-16)9-15-13(17)11-7-5-6-8-12(11)18/h5-8,16,18H,3-4,9-10H2,1-2H3,(H,15,17). The largest absolute Gasteiger partial charge is 0.396 e. The average molecular weight is 267 g/mol. The van der Waals surface area contributed by atoms with E-state index in [9.17, 15) is 9.90 Å². The van der Waals surface area contributed by atoms with Gasteiger partial charge in [0.2, 0.25) is 0 Å². The Morgan fingerprint density at radius 1 is 1.33 bits per heavy atom. The topological polar surface area (TPSA) is 49.3 Å². The molecule has 0 saturated heterocycles. The van der Waals surface area contributed by atoms with Gasteiger partial charge in [0, 0.05) is 16.9 Å². The number of rotatable bonds is 6. The van der Waals surface area contributed by atoms with Gasteiger partial charge in [-0.1, -0.05) is 26.0 Å². The molecule has 0 saturated carbocycles. The lowest BCUT2D eigenvalue weighted by atomic mass is 9.83. The highest BCUT2D eigenvalue weighted by molar-refractivity contribution is 7.80. The minimum absolute atomic E-state index is 0.0861. The SMILES string of the molecule is CCC(CC)(CO)CNC(=O)c1ccccc1S. The number of aliphatic hydroxyl groups is 1. The average Bonchev–Trinajstić information content (AvgIpc) is 2.41. The molecule has 18 heavy (non-hydrogen) atoms. The van der Waals surface area contributed by atoms with Gasteiger partial charge in [0.25, 0.3) is 5.91 Å². The molecule has 0 bridgehead atoms. The molecular formula is C14H21NO2S. The van der Waals surface area contributed by atoms with E-state index in [2.05, 4.69) is 17.9 Å². The summed E-state index contributed by atoms with van der Waals surface area (Å²) < 4.78 is 0. The van der Waals surface area contributed by atoms with E-state index in [4.69, 9.17) is 0 Å². The first kappa shape index (κ1) is 15.1. The molecule has 0 radical (unpaired) electrons. The molecule has 1 amide bonds. The summed E-state index contributed by atoms with van der Waals surface area (Å²) in [5.41, 5.74) is 0.348. The number of nitrogens with one attached hydrogen (secondary N) is 1. The van der Waals surface area contributed by atoms with Crippen LogP contribution in [-0.2, 0) is 0 Å². The molecule has 4 heteroatoms. The number of carbonyl (C=O) groups excluding carboxylic acids is 1. The van der Waals surface area contributed by atoms with Gasteiger partial charge in [0.05, 0.1) is 12.2 Å².